The third-order valence-electron chi connectivity index (χ3n) is 2.16. The van der Waals surface area contributed by atoms with Crippen molar-refractivity contribution in [2.45, 2.75) is 13.3 Å². The van der Waals surface area contributed by atoms with Crippen molar-refractivity contribution < 1.29 is 4.74 Å². The van der Waals surface area contributed by atoms with Gasteiger partial charge in [0.2, 0.25) is 5.82 Å². The molecule has 80 valence electrons. The first kappa shape index (κ1) is 10.4. The van der Waals surface area contributed by atoms with E-state index in [0.717, 1.165) is 5.56 Å². The van der Waals surface area contributed by atoms with E-state index < -0.39 is 0 Å². The number of imidazole rings is 1. The van der Waals surface area contributed by atoms with E-state index >= 15 is 0 Å². The van der Waals surface area contributed by atoms with Gasteiger partial charge in [-0.1, -0.05) is 30.3 Å². The Labute approximate surface area is 93.7 Å². The molecule has 2 rings (SSSR count). The Kier molecular flexibility index (Phi) is 3.31. The summed E-state index contributed by atoms with van der Waals surface area (Å²) in [5.41, 5.74) is 1.11. The van der Waals surface area contributed by atoms with Crippen LogP contribution in [0.15, 0.2) is 42.7 Å². The molecule has 1 aromatic carbocycles. The third-order valence-corrected chi connectivity index (χ3v) is 2.16. The lowest BCUT2D eigenvalue weighted by molar-refractivity contribution is 0.0634. The van der Waals surface area contributed by atoms with Crippen LogP contribution in [0.2, 0.25) is 0 Å². The summed E-state index contributed by atoms with van der Waals surface area (Å²) in [4.78, 5) is 3.88. The largest absolute Gasteiger partial charge is 0.356 e. The van der Waals surface area contributed by atoms with Gasteiger partial charge in [-0.15, -0.1) is 0 Å². The monoisotopic (exact) mass is 213 g/mol. The molecule has 0 unspecified atom stereocenters. The second-order valence-corrected chi connectivity index (χ2v) is 3.30. The minimum absolute atomic E-state index is 0.345. The Morgan fingerprint density at radius 3 is 2.88 bits per heavy atom. The zero-order valence-corrected chi connectivity index (χ0v) is 8.71. The van der Waals surface area contributed by atoms with Crippen LogP contribution in [0.25, 0.3) is 0 Å². The highest BCUT2D eigenvalue weighted by Gasteiger charge is 2.00. The fourth-order valence-corrected chi connectivity index (χ4v) is 1.36. The molecule has 0 aliphatic heterocycles. The number of ether oxygens (including phenoxy) is 1. The molecule has 4 heteroatoms. The van der Waals surface area contributed by atoms with E-state index in [1.165, 1.54) is 0 Å². The summed E-state index contributed by atoms with van der Waals surface area (Å²) in [6, 6.07) is 11.9. The molecule has 0 aliphatic rings. The Morgan fingerprint density at radius 2 is 2.12 bits per heavy atom. The first-order valence-electron chi connectivity index (χ1n) is 4.93. The van der Waals surface area contributed by atoms with E-state index in [9.17, 15) is 0 Å². The minimum Gasteiger partial charge on any atom is -0.356 e. The first-order chi connectivity index (χ1) is 7.90. The van der Waals surface area contributed by atoms with Crippen LogP contribution >= 0.6 is 0 Å². The van der Waals surface area contributed by atoms with Crippen molar-refractivity contribution in [1.29, 1.82) is 5.26 Å². The van der Waals surface area contributed by atoms with Gasteiger partial charge in [0.05, 0.1) is 6.61 Å². The average Bonchev–Trinajstić information content (AvgIpc) is 2.78. The van der Waals surface area contributed by atoms with Gasteiger partial charge in [-0.3, -0.25) is 4.57 Å². The van der Waals surface area contributed by atoms with Gasteiger partial charge in [0.25, 0.3) is 0 Å². The lowest BCUT2D eigenvalue weighted by Gasteiger charge is -2.05. The summed E-state index contributed by atoms with van der Waals surface area (Å²) in [7, 11) is 0. The molecule has 0 saturated carbocycles. The number of aromatic nitrogens is 2. The van der Waals surface area contributed by atoms with Crippen molar-refractivity contribution >= 4 is 0 Å². The molecule has 0 atom stereocenters. The summed E-state index contributed by atoms with van der Waals surface area (Å²) < 4.78 is 7.15. The van der Waals surface area contributed by atoms with Gasteiger partial charge in [0.15, 0.2) is 0 Å². The summed E-state index contributed by atoms with van der Waals surface area (Å²) in [6.07, 6.45) is 3.31. The van der Waals surface area contributed by atoms with Crippen LogP contribution in [-0.4, -0.2) is 9.55 Å². The van der Waals surface area contributed by atoms with Crippen molar-refractivity contribution in [2.24, 2.45) is 0 Å². The van der Waals surface area contributed by atoms with Gasteiger partial charge in [0.1, 0.15) is 12.8 Å². The molecule has 1 heterocycles. The van der Waals surface area contributed by atoms with E-state index in [-0.39, 0.29) is 0 Å². The summed E-state index contributed by atoms with van der Waals surface area (Å²) >= 11 is 0. The SMILES string of the molecule is N#Cc1nccn1COCc1ccccc1. The Hall–Kier alpha value is -2.12. The van der Waals surface area contributed by atoms with E-state index in [4.69, 9.17) is 10.00 Å². The Bertz CT molecular complexity index is 484. The van der Waals surface area contributed by atoms with Gasteiger partial charge in [-0.05, 0) is 5.56 Å². The van der Waals surface area contributed by atoms with Crippen LogP contribution in [0.1, 0.15) is 11.4 Å². The molecule has 0 amide bonds. The predicted octanol–water partition coefficient (Wildman–Crippen LogP) is 1.93. The van der Waals surface area contributed by atoms with Gasteiger partial charge in [-0.2, -0.15) is 5.26 Å². The van der Waals surface area contributed by atoms with E-state index in [1.807, 2.05) is 36.4 Å². The number of hydrogen-bond acceptors (Lipinski definition) is 3. The van der Waals surface area contributed by atoms with E-state index in [2.05, 4.69) is 4.98 Å². The summed E-state index contributed by atoms with van der Waals surface area (Å²) in [5, 5.41) is 8.73. The maximum atomic E-state index is 8.73. The molecule has 0 aliphatic carbocycles. The van der Waals surface area contributed by atoms with Crippen molar-refractivity contribution in [1.82, 2.24) is 9.55 Å². The molecular formula is C12H11N3O. The van der Waals surface area contributed by atoms with Crippen LogP contribution in [0.3, 0.4) is 0 Å². The Balaban J connectivity index is 1.88. The molecule has 0 fully saturated rings. The normalized spacial score (nSPS) is 9.94. The molecule has 0 saturated heterocycles. The molecule has 4 nitrogen and oxygen atoms in total. The zero-order valence-electron chi connectivity index (χ0n) is 8.71. The fourth-order valence-electron chi connectivity index (χ4n) is 1.36. The van der Waals surface area contributed by atoms with E-state index in [0.29, 0.717) is 19.2 Å². The van der Waals surface area contributed by atoms with Crippen LogP contribution < -0.4 is 0 Å². The van der Waals surface area contributed by atoms with Crippen molar-refractivity contribution in [3.8, 4) is 6.07 Å². The second kappa shape index (κ2) is 5.10. The molecule has 0 bridgehead atoms. The van der Waals surface area contributed by atoms with Gasteiger partial charge < -0.3 is 4.74 Å². The summed E-state index contributed by atoms with van der Waals surface area (Å²) in [5.74, 6) is 0.369. The number of nitriles is 1. The standard InChI is InChI=1S/C12H11N3O/c13-8-12-14-6-7-15(12)10-16-9-11-4-2-1-3-5-11/h1-7H,9-10H2. The topological polar surface area (TPSA) is 50.8 Å². The average molecular weight is 213 g/mol. The summed E-state index contributed by atoms with van der Waals surface area (Å²) in [6.45, 7) is 0.877. The molecule has 0 radical (unpaired) electrons. The maximum absolute atomic E-state index is 8.73. The number of benzene rings is 1. The molecule has 2 aromatic rings. The lowest BCUT2D eigenvalue weighted by atomic mass is 10.2. The highest BCUT2D eigenvalue weighted by atomic mass is 16.5. The minimum atomic E-state index is 0.345. The van der Waals surface area contributed by atoms with Gasteiger partial charge in [-0.25, -0.2) is 4.98 Å². The molecule has 16 heavy (non-hydrogen) atoms. The highest BCUT2D eigenvalue weighted by molar-refractivity contribution is 5.13. The molecule has 0 N–H and O–H groups in total. The number of rotatable bonds is 4. The van der Waals surface area contributed by atoms with Gasteiger partial charge in [0, 0.05) is 12.4 Å². The maximum Gasteiger partial charge on any atom is 0.214 e. The quantitative estimate of drug-likeness (QED) is 0.779. The van der Waals surface area contributed by atoms with Crippen LogP contribution in [0.4, 0.5) is 0 Å². The van der Waals surface area contributed by atoms with Crippen LogP contribution in [0.5, 0.6) is 0 Å². The lowest BCUT2D eigenvalue weighted by Crippen LogP contribution is -2.04. The van der Waals surface area contributed by atoms with Crippen LogP contribution in [0, 0.1) is 11.3 Å². The van der Waals surface area contributed by atoms with Crippen molar-refractivity contribution in [2.75, 3.05) is 0 Å². The smallest absolute Gasteiger partial charge is 0.214 e. The fraction of sp³-hybridized carbons (Fsp3) is 0.167. The van der Waals surface area contributed by atoms with E-state index in [1.54, 1.807) is 17.0 Å². The Morgan fingerprint density at radius 1 is 1.31 bits per heavy atom. The number of nitrogens with zero attached hydrogens (tertiary/aromatic N) is 3. The first-order valence-corrected chi connectivity index (χ1v) is 4.93. The molecular weight excluding hydrogens is 202 g/mol. The highest BCUT2D eigenvalue weighted by Crippen LogP contribution is 2.02. The number of hydrogen-bond donors (Lipinski definition) is 0. The van der Waals surface area contributed by atoms with Gasteiger partial charge >= 0.3 is 0 Å². The second-order valence-electron chi connectivity index (χ2n) is 3.30. The predicted molar refractivity (Wildman–Crippen MR) is 58.2 cm³/mol. The van der Waals surface area contributed by atoms with Crippen LogP contribution in [-0.2, 0) is 18.1 Å². The third kappa shape index (κ3) is 2.47. The van der Waals surface area contributed by atoms with Crippen molar-refractivity contribution in [3.63, 3.8) is 0 Å². The zero-order chi connectivity index (χ0) is 11.2. The molecule has 0 spiro atoms. The molecule has 1 aromatic heterocycles. The van der Waals surface area contributed by atoms with Crippen molar-refractivity contribution in [3.05, 3.63) is 54.1 Å².